The molecule has 0 radical (unpaired) electrons. The first-order valence-corrected chi connectivity index (χ1v) is 8.92. The highest BCUT2D eigenvalue weighted by Crippen LogP contribution is 2.31. The van der Waals surface area contributed by atoms with Gasteiger partial charge in [-0.2, -0.15) is 0 Å². The number of rotatable bonds is 3. The molecule has 5 nitrogen and oxygen atoms in total. The molecule has 116 valence electrons. The zero-order chi connectivity index (χ0) is 15.7. The summed E-state index contributed by atoms with van der Waals surface area (Å²) in [5.74, 6) is -0.338. The fraction of sp³-hybridized carbons (Fsp3) is 0.533. The minimum atomic E-state index is -3.48. The van der Waals surface area contributed by atoms with Crippen molar-refractivity contribution < 1.29 is 13.2 Å². The van der Waals surface area contributed by atoms with Crippen molar-refractivity contribution in [2.24, 2.45) is 0 Å². The van der Waals surface area contributed by atoms with E-state index in [0.717, 1.165) is 5.56 Å². The van der Waals surface area contributed by atoms with Crippen LogP contribution in [0.3, 0.4) is 0 Å². The van der Waals surface area contributed by atoms with Crippen LogP contribution in [0, 0.1) is 6.92 Å². The van der Waals surface area contributed by atoms with E-state index in [-0.39, 0.29) is 5.91 Å². The number of anilines is 1. The van der Waals surface area contributed by atoms with Crippen molar-refractivity contribution >= 4 is 21.4 Å². The zero-order valence-corrected chi connectivity index (χ0v) is 13.5. The van der Waals surface area contributed by atoms with E-state index in [0.29, 0.717) is 31.6 Å². The molecule has 0 atom stereocenters. The van der Waals surface area contributed by atoms with Gasteiger partial charge in [0.05, 0.1) is 0 Å². The van der Waals surface area contributed by atoms with Gasteiger partial charge in [-0.25, -0.2) is 8.42 Å². The lowest BCUT2D eigenvalue weighted by molar-refractivity contribution is -0.121. The summed E-state index contributed by atoms with van der Waals surface area (Å²) in [6, 6.07) is 7.50. The van der Waals surface area contributed by atoms with Gasteiger partial charge in [0.1, 0.15) is 0 Å². The van der Waals surface area contributed by atoms with Crippen LogP contribution in [0.2, 0.25) is 0 Å². The number of hydrogen-bond donors (Lipinski definition) is 1. The summed E-state index contributed by atoms with van der Waals surface area (Å²) in [5.41, 5.74) is 1.81. The molecule has 1 saturated heterocycles. The monoisotopic (exact) mass is 310 g/mol. The van der Waals surface area contributed by atoms with E-state index in [4.69, 9.17) is 0 Å². The molecular formula is C15H22N2O3S. The smallest absolute Gasteiger partial charge is 0.248 e. The maximum absolute atomic E-state index is 12.9. The van der Waals surface area contributed by atoms with Crippen LogP contribution in [0.15, 0.2) is 24.3 Å². The van der Waals surface area contributed by atoms with Crippen molar-refractivity contribution in [2.45, 2.75) is 24.5 Å². The largest absolute Gasteiger partial charge is 0.317 e. The fourth-order valence-electron chi connectivity index (χ4n) is 2.77. The molecule has 1 aliphatic rings. The summed E-state index contributed by atoms with van der Waals surface area (Å²) in [6.07, 6.45) is 1.81. The predicted molar refractivity (Wildman–Crippen MR) is 84.3 cm³/mol. The van der Waals surface area contributed by atoms with Gasteiger partial charge in [-0.3, -0.25) is 4.79 Å². The average Bonchev–Trinajstić information content (AvgIpc) is 2.46. The zero-order valence-electron chi connectivity index (χ0n) is 12.7. The number of carbonyl (C=O) groups is 1. The Balaban J connectivity index is 2.37. The molecule has 2 rings (SSSR count). The summed E-state index contributed by atoms with van der Waals surface area (Å²) >= 11 is 0. The fourth-order valence-corrected chi connectivity index (χ4v) is 4.16. The number of nitrogens with one attached hydrogen (secondary N) is 1. The lowest BCUT2D eigenvalue weighted by Crippen LogP contribution is -2.57. The molecule has 0 spiro atoms. The van der Waals surface area contributed by atoms with Crippen LogP contribution in [-0.2, 0) is 14.6 Å². The highest BCUT2D eigenvalue weighted by molar-refractivity contribution is 7.92. The molecule has 0 bridgehead atoms. The maximum atomic E-state index is 12.9. The summed E-state index contributed by atoms with van der Waals surface area (Å²) < 4.78 is 23.2. The van der Waals surface area contributed by atoms with E-state index >= 15 is 0 Å². The van der Waals surface area contributed by atoms with Crippen molar-refractivity contribution in [3.05, 3.63) is 29.8 Å². The van der Waals surface area contributed by atoms with E-state index < -0.39 is 14.6 Å². The van der Waals surface area contributed by atoms with Crippen molar-refractivity contribution in [3.63, 3.8) is 0 Å². The Hall–Kier alpha value is -1.40. The molecule has 21 heavy (non-hydrogen) atoms. The van der Waals surface area contributed by atoms with Crippen LogP contribution in [0.4, 0.5) is 5.69 Å². The number of hydrogen-bond acceptors (Lipinski definition) is 4. The number of piperidine rings is 1. The predicted octanol–water partition coefficient (Wildman–Crippen LogP) is 1.12. The Morgan fingerprint density at radius 1 is 1.19 bits per heavy atom. The molecule has 0 saturated carbocycles. The van der Waals surface area contributed by atoms with Gasteiger partial charge in [-0.05, 0) is 45.0 Å². The molecule has 1 amide bonds. The van der Waals surface area contributed by atoms with Crippen LogP contribution in [0.5, 0.6) is 0 Å². The van der Waals surface area contributed by atoms with Crippen LogP contribution in [-0.4, -0.2) is 45.5 Å². The molecule has 6 heteroatoms. The summed E-state index contributed by atoms with van der Waals surface area (Å²) in [6.45, 7) is 3.05. The number of amides is 1. The first-order chi connectivity index (χ1) is 9.78. The Bertz CT molecular complexity index is 617. The molecule has 1 N–H and O–H groups in total. The van der Waals surface area contributed by atoms with Crippen LogP contribution in [0.1, 0.15) is 18.4 Å². The van der Waals surface area contributed by atoms with Gasteiger partial charge in [0.25, 0.3) is 0 Å². The molecular weight excluding hydrogens is 288 g/mol. The molecule has 1 aliphatic heterocycles. The highest BCUT2D eigenvalue weighted by Gasteiger charge is 2.50. The van der Waals surface area contributed by atoms with Crippen molar-refractivity contribution in [2.75, 3.05) is 31.3 Å². The van der Waals surface area contributed by atoms with Crippen molar-refractivity contribution in [1.82, 2.24) is 5.32 Å². The third-order valence-corrected chi connectivity index (χ3v) is 6.24. The SMILES string of the molecule is Cc1ccc(N(C)C(=O)C2(S(C)(=O)=O)CCNCC2)cc1. The summed E-state index contributed by atoms with van der Waals surface area (Å²) in [4.78, 5) is 14.3. The summed E-state index contributed by atoms with van der Waals surface area (Å²) in [5, 5.41) is 3.12. The minimum Gasteiger partial charge on any atom is -0.317 e. The molecule has 0 unspecified atom stereocenters. The van der Waals surface area contributed by atoms with Crippen molar-refractivity contribution in [1.29, 1.82) is 0 Å². The third-order valence-electron chi connectivity index (χ3n) is 4.24. The second-order valence-corrected chi connectivity index (χ2v) is 8.04. The topological polar surface area (TPSA) is 66.5 Å². The quantitative estimate of drug-likeness (QED) is 0.909. The number of benzene rings is 1. The average molecular weight is 310 g/mol. The van der Waals surface area contributed by atoms with E-state index in [1.807, 2.05) is 31.2 Å². The Kier molecular flexibility index (Phi) is 4.39. The van der Waals surface area contributed by atoms with Gasteiger partial charge in [0.2, 0.25) is 5.91 Å². The highest BCUT2D eigenvalue weighted by atomic mass is 32.2. The number of nitrogens with zero attached hydrogens (tertiary/aromatic N) is 1. The summed E-state index contributed by atoms with van der Waals surface area (Å²) in [7, 11) is -1.84. The van der Waals surface area contributed by atoms with E-state index in [1.54, 1.807) is 7.05 Å². The van der Waals surface area contributed by atoms with Crippen LogP contribution in [0.25, 0.3) is 0 Å². The minimum absolute atomic E-state index is 0.320. The van der Waals surface area contributed by atoms with Gasteiger partial charge < -0.3 is 10.2 Å². The number of sulfone groups is 1. The second kappa shape index (κ2) is 5.77. The standard InChI is InChI=1S/C15H22N2O3S/c1-12-4-6-13(7-5-12)17(2)14(18)15(21(3,19)20)8-10-16-11-9-15/h4-7,16H,8-11H2,1-3H3. The number of aryl methyl sites for hydroxylation is 1. The lowest BCUT2D eigenvalue weighted by Gasteiger charge is -2.37. The first kappa shape index (κ1) is 16.0. The van der Waals surface area contributed by atoms with Crippen LogP contribution >= 0.6 is 0 Å². The van der Waals surface area contributed by atoms with Gasteiger partial charge >= 0.3 is 0 Å². The molecule has 1 aromatic carbocycles. The molecule has 0 aliphatic carbocycles. The van der Waals surface area contributed by atoms with Crippen molar-refractivity contribution in [3.8, 4) is 0 Å². The van der Waals surface area contributed by atoms with E-state index in [1.165, 1.54) is 11.2 Å². The van der Waals surface area contributed by atoms with Gasteiger partial charge in [0.15, 0.2) is 14.6 Å². The first-order valence-electron chi connectivity index (χ1n) is 7.03. The molecule has 1 heterocycles. The lowest BCUT2D eigenvalue weighted by atomic mass is 9.95. The molecule has 0 aromatic heterocycles. The molecule has 1 aromatic rings. The normalized spacial score (nSPS) is 18.2. The Labute approximate surface area is 126 Å². The van der Waals surface area contributed by atoms with Gasteiger partial charge in [0, 0.05) is 19.0 Å². The second-order valence-electron chi connectivity index (χ2n) is 5.72. The van der Waals surface area contributed by atoms with E-state index in [2.05, 4.69) is 5.32 Å². The molecule has 1 fully saturated rings. The Morgan fingerprint density at radius 2 is 1.71 bits per heavy atom. The van der Waals surface area contributed by atoms with Gasteiger partial charge in [-0.1, -0.05) is 17.7 Å². The Morgan fingerprint density at radius 3 is 2.19 bits per heavy atom. The van der Waals surface area contributed by atoms with Gasteiger partial charge in [-0.15, -0.1) is 0 Å². The number of carbonyl (C=O) groups excluding carboxylic acids is 1. The van der Waals surface area contributed by atoms with E-state index in [9.17, 15) is 13.2 Å². The van der Waals surface area contributed by atoms with Crippen LogP contribution < -0.4 is 10.2 Å². The maximum Gasteiger partial charge on any atom is 0.248 e. The third kappa shape index (κ3) is 2.96.